The zero-order chi connectivity index (χ0) is 13.1. The van der Waals surface area contributed by atoms with Crippen LogP contribution >= 0.6 is 12.2 Å². The van der Waals surface area contributed by atoms with Gasteiger partial charge in [0.1, 0.15) is 4.99 Å². The van der Waals surface area contributed by atoms with Gasteiger partial charge >= 0.3 is 0 Å². The summed E-state index contributed by atoms with van der Waals surface area (Å²) in [4.78, 5) is 7.08. The number of hydrogen-bond acceptors (Lipinski definition) is 3. The molecule has 1 aromatic heterocycles. The van der Waals surface area contributed by atoms with Crippen molar-refractivity contribution in [2.24, 2.45) is 5.73 Å². The predicted octanol–water partition coefficient (Wildman–Crippen LogP) is 2.72. The van der Waals surface area contributed by atoms with E-state index < -0.39 is 0 Å². The predicted molar refractivity (Wildman–Crippen MR) is 81.2 cm³/mol. The minimum atomic E-state index is 0.398. The SMILES string of the molecule is CCN(CC)c1c(C(N)=S)cnc2ccccc12. The highest BCUT2D eigenvalue weighted by Crippen LogP contribution is 2.29. The second kappa shape index (κ2) is 5.31. The molecular weight excluding hydrogens is 242 g/mol. The van der Waals surface area contributed by atoms with Gasteiger partial charge in [0, 0.05) is 24.7 Å². The largest absolute Gasteiger partial charge is 0.389 e. The first kappa shape index (κ1) is 12.8. The quantitative estimate of drug-likeness (QED) is 0.857. The lowest BCUT2D eigenvalue weighted by Gasteiger charge is -2.25. The highest BCUT2D eigenvalue weighted by atomic mass is 32.1. The van der Waals surface area contributed by atoms with Crippen LogP contribution in [-0.2, 0) is 0 Å². The zero-order valence-electron chi connectivity index (χ0n) is 10.7. The van der Waals surface area contributed by atoms with Crippen molar-refractivity contribution < 1.29 is 0 Å². The molecule has 0 aliphatic rings. The fraction of sp³-hybridized carbons (Fsp3) is 0.286. The molecule has 0 saturated carbocycles. The summed E-state index contributed by atoms with van der Waals surface area (Å²) in [6.07, 6.45) is 1.78. The van der Waals surface area contributed by atoms with Crippen molar-refractivity contribution in [2.45, 2.75) is 13.8 Å². The number of nitrogens with two attached hydrogens (primary N) is 1. The minimum absolute atomic E-state index is 0.398. The number of benzene rings is 1. The van der Waals surface area contributed by atoms with Gasteiger partial charge in [-0.1, -0.05) is 30.4 Å². The van der Waals surface area contributed by atoms with Crippen LogP contribution in [0.5, 0.6) is 0 Å². The van der Waals surface area contributed by atoms with Crippen molar-refractivity contribution in [1.29, 1.82) is 0 Å². The lowest BCUT2D eigenvalue weighted by molar-refractivity contribution is 0.868. The van der Waals surface area contributed by atoms with E-state index in [2.05, 4.69) is 29.8 Å². The fourth-order valence-corrected chi connectivity index (χ4v) is 2.34. The van der Waals surface area contributed by atoms with Crippen molar-refractivity contribution in [2.75, 3.05) is 18.0 Å². The van der Waals surface area contributed by atoms with E-state index >= 15 is 0 Å². The Bertz CT molecular complexity index is 576. The maximum absolute atomic E-state index is 5.82. The van der Waals surface area contributed by atoms with Crippen LogP contribution in [0.4, 0.5) is 5.69 Å². The Morgan fingerprint density at radius 3 is 2.56 bits per heavy atom. The van der Waals surface area contributed by atoms with E-state index in [9.17, 15) is 0 Å². The molecule has 2 aromatic rings. The highest BCUT2D eigenvalue weighted by molar-refractivity contribution is 7.80. The van der Waals surface area contributed by atoms with E-state index in [0.717, 1.165) is 35.2 Å². The third-order valence-corrected chi connectivity index (χ3v) is 3.31. The molecule has 1 heterocycles. The summed E-state index contributed by atoms with van der Waals surface area (Å²) in [7, 11) is 0. The Balaban J connectivity index is 2.77. The molecule has 18 heavy (non-hydrogen) atoms. The van der Waals surface area contributed by atoms with Gasteiger partial charge in [0.05, 0.1) is 16.8 Å². The van der Waals surface area contributed by atoms with Gasteiger partial charge in [-0.25, -0.2) is 0 Å². The molecule has 0 amide bonds. The summed E-state index contributed by atoms with van der Waals surface area (Å²) in [5.41, 5.74) is 8.74. The number of thiocarbonyl (C=S) groups is 1. The average Bonchev–Trinajstić information content (AvgIpc) is 2.40. The van der Waals surface area contributed by atoms with Crippen molar-refractivity contribution in [3.8, 4) is 0 Å². The molecule has 0 fully saturated rings. The molecule has 0 aliphatic heterocycles. The van der Waals surface area contributed by atoms with E-state index in [-0.39, 0.29) is 0 Å². The van der Waals surface area contributed by atoms with Gasteiger partial charge in [0.2, 0.25) is 0 Å². The lowest BCUT2D eigenvalue weighted by atomic mass is 10.1. The van der Waals surface area contributed by atoms with E-state index in [1.54, 1.807) is 6.20 Å². The van der Waals surface area contributed by atoms with Crippen LogP contribution in [-0.4, -0.2) is 23.1 Å². The Labute approximate surface area is 113 Å². The van der Waals surface area contributed by atoms with Gasteiger partial charge in [-0.05, 0) is 19.9 Å². The Morgan fingerprint density at radius 1 is 1.28 bits per heavy atom. The van der Waals surface area contributed by atoms with Gasteiger partial charge in [-0.3, -0.25) is 4.98 Å². The van der Waals surface area contributed by atoms with Crippen LogP contribution in [0.15, 0.2) is 30.5 Å². The molecule has 1 aromatic carbocycles. The maximum Gasteiger partial charge on any atom is 0.107 e. The molecule has 0 aliphatic carbocycles. The van der Waals surface area contributed by atoms with Crippen LogP contribution in [0, 0.1) is 0 Å². The first-order valence-corrected chi connectivity index (χ1v) is 6.52. The smallest absolute Gasteiger partial charge is 0.107 e. The third kappa shape index (κ3) is 2.16. The topological polar surface area (TPSA) is 42.1 Å². The van der Waals surface area contributed by atoms with E-state index in [1.807, 2.05) is 18.2 Å². The van der Waals surface area contributed by atoms with Crippen molar-refractivity contribution in [3.05, 3.63) is 36.0 Å². The number of rotatable bonds is 4. The molecule has 3 nitrogen and oxygen atoms in total. The molecule has 2 N–H and O–H groups in total. The van der Waals surface area contributed by atoms with E-state index in [1.165, 1.54) is 0 Å². The standard InChI is InChI=1S/C14H17N3S/c1-3-17(4-2)13-10-7-5-6-8-12(10)16-9-11(13)14(15)18/h5-9H,3-4H2,1-2H3,(H2,15,18). The van der Waals surface area contributed by atoms with Crippen LogP contribution in [0.1, 0.15) is 19.4 Å². The molecule has 94 valence electrons. The summed E-state index contributed by atoms with van der Waals surface area (Å²) in [5.74, 6) is 0. The molecule has 0 unspecified atom stereocenters. The van der Waals surface area contributed by atoms with Crippen LogP contribution in [0.3, 0.4) is 0 Å². The van der Waals surface area contributed by atoms with Gasteiger partial charge < -0.3 is 10.6 Å². The molecule has 4 heteroatoms. The van der Waals surface area contributed by atoms with Crippen LogP contribution < -0.4 is 10.6 Å². The second-order valence-electron chi connectivity index (χ2n) is 4.07. The molecule has 0 bridgehead atoms. The maximum atomic E-state index is 5.82. The molecule has 0 spiro atoms. The van der Waals surface area contributed by atoms with Crippen molar-refractivity contribution in [3.63, 3.8) is 0 Å². The molecule has 0 atom stereocenters. The average molecular weight is 259 g/mol. The molecule has 2 rings (SSSR count). The first-order chi connectivity index (χ1) is 8.69. The Morgan fingerprint density at radius 2 is 1.94 bits per heavy atom. The highest BCUT2D eigenvalue weighted by Gasteiger charge is 2.14. The normalized spacial score (nSPS) is 10.6. The zero-order valence-corrected chi connectivity index (χ0v) is 11.5. The first-order valence-electron chi connectivity index (χ1n) is 6.11. The minimum Gasteiger partial charge on any atom is -0.389 e. The number of fused-ring (bicyclic) bond motifs is 1. The third-order valence-electron chi connectivity index (χ3n) is 3.09. The van der Waals surface area contributed by atoms with E-state index in [4.69, 9.17) is 18.0 Å². The van der Waals surface area contributed by atoms with Crippen molar-refractivity contribution >= 4 is 33.8 Å². The van der Waals surface area contributed by atoms with Gasteiger partial charge in [0.25, 0.3) is 0 Å². The molecular formula is C14H17N3S. The fourth-order valence-electron chi connectivity index (χ4n) is 2.19. The monoisotopic (exact) mass is 259 g/mol. The number of nitrogens with zero attached hydrogens (tertiary/aromatic N) is 2. The number of anilines is 1. The number of aromatic nitrogens is 1. The summed E-state index contributed by atoms with van der Waals surface area (Å²) < 4.78 is 0. The summed E-state index contributed by atoms with van der Waals surface area (Å²) >= 11 is 5.14. The van der Waals surface area contributed by atoms with Gasteiger partial charge in [-0.2, -0.15) is 0 Å². The lowest BCUT2D eigenvalue weighted by Crippen LogP contribution is -2.26. The molecule has 0 saturated heterocycles. The Hall–Kier alpha value is -1.68. The Kier molecular flexibility index (Phi) is 3.77. The summed E-state index contributed by atoms with van der Waals surface area (Å²) in [6.45, 7) is 6.09. The van der Waals surface area contributed by atoms with Crippen LogP contribution in [0.2, 0.25) is 0 Å². The number of hydrogen-bond donors (Lipinski definition) is 1. The van der Waals surface area contributed by atoms with Gasteiger partial charge in [0.15, 0.2) is 0 Å². The number of para-hydroxylation sites is 1. The summed E-state index contributed by atoms with van der Waals surface area (Å²) in [6, 6.07) is 8.07. The molecule has 0 radical (unpaired) electrons. The second-order valence-corrected chi connectivity index (χ2v) is 4.51. The van der Waals surface area contributed by atoms with Crippen molar-refractivity contribution in [1.82, 2.24) is 4.98 Å². The van der Waals surface area contributed by atoms with E-state index in [0.29, 0.717) is 4.99 Å². The van der Waals surface area contributed by atoms with Gasteiger partial charge in [-0.15, -0.1) is 0 Å². The number of pyridine rings is 1. The summed E-state index contributed by atoms with van der Waals surface area (Å²) in [5, 5.41) is 1.10. The van der Waals surface area contributed by atoms with Crippen LogP contribution in [0.25, 0.3) is 10.9 Å².